The van der Waals surface area contributed by atoms with Gasteiger partial charge in [-0.15, -0.1) is 0 Å². The summed E-state index contributed by atoms with van der Waals surface area (Å²) in [6.45, 7) is 2.26. The number of para-hydroxylation sites is 1. The van der Waals surface area contributed by atoms with Crippen LogP contribution in [0.2, 0.25) is 0 Å². The molecule has 1 aromatic heterocycles. The maximum absolute atomic E-state index is 12.5. The lowest BCUT2D eigenvalue weighted by molar-refractivity contribution is 0.116. The van der Waals surface area contributed by atoms with Gasteiger partial charge in [-0.05, 0) is 25.0 Å². The van der Waals surface area contributed by atoms with Crippen LogP contribution in [0, 0.1) is 12.8 Å². The van der Waals surface area contributed by atoms with Gasteiger partial charge in [0.25, 0.3) is 0 Å². The van der Waals surface area contributed by atoms with Crippen LogP contribution in [0.25, 0.3) is 11.4 Å². The Morgan fingerprint density at radius 2 is 2.21 bits per heavy atom. The molecule has 3 rings (SSSR count). The van der Waals surface area contributed by atoms with Gasteiger partial charge in [0, 0.05) is 32.0 Å². The number of aromatic nitrogens is 2. The minimum atomic E-state index is -0.310. The van der Waals surface area contributed by atoms with Gasteiger partial charge in [0.15, 0.2) is 0 Å². The second kappa shape index (κ2) is 7.00. The number of benzene rings is 1. The Hall–Kier alpha value is -2.41. The van der Waals surface area contributed by atoms with Crippen molar-refractivity contribution < 1.29 is 14.4 Å². The third-order valence-electron chi connectivity index (χ3n) is 4.41. The Morgan fingerprint density at radius 1 is 1.42 bits per heavy atom. The highest BCUT2D eigenvalue weighted by atomic mass is 16.5. The van der Waals surface area contributed by atoms with E-state index in [-0.39, 0.29) is 18.1 Å². The Kier molecular flexibility index (Phi) is 4.80. The minimum Gasteiger partial charge on any atom is -0.393 e. The second-order valence-electron chi connectivity index (χ2n) is 6.25. The van der Waals surface area contributed by atoms with Gasteiger partial charge in [0.1, 0.15) is 0 Å². The molecule has 1 aliphatic carbocycles. The van der Waals surface area contributed by atoms with Crippen LogP contribution in [0.15, 0.2) is 28.8 Å². The van der Waals surface area contributed by atoms with E-state index < -0.39 is 0 Å². The molecule has 2 aromatic rings. The van der Waals surface area contributed by atoms with Gasteiger partial charge in [-0.2, -0.15) is 4.98 Å². The lowest BCUT2D eigenvalue weighted by Gasteiger charge is -2.24. The Balaban J connectivity index is 1.70. The number of urea groups is 1. The first-order valence-corrected chi connectivity index (χ1v) is 8.14. The standard InChI is InChI=1S/C17H22N4O3/c1-11-18-16(20-24-11)13-7-3-4-8-14(13)19-17(23)21(2)10-12-6-5-9-15(12)22/h3-4,7-8,12,15,22H,5-6,9-10H2,1-2H3,(H,19,23)/t12-,15-/m0/s1. The zero-order chi connectivity index (χ0) is 17.1. The summed E-state index contributed by atoms with van der Waals surface area (Å²) in [5.74, 6) is 1.06. The van der Waals surface area contributed by atoms with E-state index in [1.54, 1.807) is 24.9 Å². The smallest absolute Gasteiger partial charge is 0.321 e. The third-order valence-corrected chi connectivity index (χ3v) is 4.41. The van der Waals surface area contributed by atoms with E-state index in [2.05, 4.69) is 15.5 Å². The fourth-order valence-corrected chi connectivity index (χ4v) is 3.07. The topological polar surface area (TPSA) is 91.5 Å². The van der Waals surface area contributed by atoms with Crippen molar-refractivity contribution in [1.29, 1.82) is 0 Å². The first-order valence-electron chi connectivity index (χ1n) is 8.14. The quantitative estimate of drug-likeness (QED) is 0.899. The molecule has 2 amide bonds. The van der Waals surface area contributed by atoms with Crippen LogP contribution in [0.4, 0.5) is 10.5 Å². The van der Waals surface area contributed by atoms with Crippen molar-refractivity contribution in [3.05, 3.63) is 30.2 Å². The summed E-state index contributed by atoms with van der Waals surface area (Å²) >= 11 is 0. The maximum Gasteiger partial charge on any atom is 0.321 e. The molecule has 2 atom stereocenters. The van der Waals surface area contributed by atoms with Crippen molar-refractivity contribution >= 4 is 11.7 Å². The molecule has 1 aromatic carbocycles. The Labute approximate surface area is 140 Å². The van der Waals surface area contributed by atoms with E-state index >= 15 is 0 Å². The summed E-state index contributed by atoms with van der Waals surface area (Å²) < 4.78 is 5.01. The minimum absolute atomic E-state index is 0.149. The van der Waals surface area contributed by atoms with Crippen molar-refractivity contribution in [2.24, 2.45) is 5.92 Å². The number of rotatable bonds is 4. The van der Waals surface area contributed by atoms with E-state index in [0.29, 0.717) is 29.5 Å². The van der Waals surface area contributed by atoms with E-state index in [1.807, 2.05) is 18.2 Å². The van der Waals surface area contributed by atoms with Crippen LogP contribution in [-0.2, 0) is 0 Å². The molecule has 0 spiro atoms. The summed E-state index contributed by atoms with van der Waals surface area (Å²) in [5.41, 5.74) is 1.33. The van der Waals surface area contributed by atoms with E-state index in [9.17, 15) is 9.90 Å². The molecule has 1 fully saturated rings. The number of aliphatic hydroxyl groups is 1. The number of carbonyl (C=O) groups is 1. The van der Waals surface area contributed by atoms with Crippen molar-refractivity contribution in [2.75, 3.05) is 18.9 Å². The number of hydrogen-bond acceptors (Lipinski definition) is 5. The predicted molar refractivity (Wildman–Crippen MR) is 89.5 cm³/mol. The van der Waals surface area contributed by atoms with Crippen LogP contribution in [-0.4, -0.2) is 45.9 Å². The van der Waals surface area contributed by atoms with Crippen LogP contribution < -0.4 is 5.32 Å². The SMILES string of the molecule is Cc1nc(-c2ccccc2NC(=O)N(C)C[C@@H]2CCC[C@@H]2O)no1. The number of hydrogen-bond donors (Lipinski definition) is 2. The molecule has 7 nitrogen and oxygen atoms in total. The highest BCUT2D eigenvalue weighted by molar-refractivity contribution is 5.93. The normalized spacial score (nSPS) is 20.1. The molecule has 24 heavy (non-hydrogen) atoms. The molecule has 0 aliphatic heterocycles. The van der Waals surface area contributed by atoms with Crippen LogP contribution in [0.5, 0.6) is 0 Å². The van der Waals surface area contributed by atoms with E-state index in [1.165, 1.54) is 0 Å². The zero-order valence-electron chi connectivity index (χ0n) is 13.9. The number of nitrogens with one attached hydrogen (secondary N) is 1. The van der Waals surface area contributed by atoms with Gasteiger partial charge in [0.05, 0.1) is 11.8 Å². The summed E-state index contributed by atoms with van der Waals surface area (Å²) in [6, 6.07) is 7.11. The molecule has 7 heteroatoms. The molecule has 0 bridgehead atoms. The number of amides is 2. The maximum atomic E-state index is 12.5. The van der Waals surface area contributed by atoms with E-state index in [0.717, 1.165) is 19.3 Å². The summed E-state index contributed by atoms with van der Waals surface area (Å²) in [5, 5.41) is 16.7. The Bertz CT molecular complexity index is 715. The average molecular weight is 330 g/mol. The number of nitrogens with zero attached hydrogens (tertiary/aromatic N) is 3. The number of aryl methyl sites for hydroxylation is 1. The van der Waals surface area contributed by atoms with Gasteiger partial charge in [-0.25, -0.2) is 4.79 Å². The molecule has 1 aliphatic rings. The third kappa shape index (κ3) is 3.56. The molecule has 0 saturated heterocycles. The van der Waals surface area contributed by atoms with Gasteiger partial charge < -0.3 is 19.8 Å². The van der Waals surface area contributed by atoms with Crippen molar-refractivity contribution in [3.8, 4) is 11.4 Å². The monoisotopic (exact) mass is 330 g/mol. The number of aliphatic hydroxyl groups excluding tert-OH is 1. The molecule has 1 heterocycles. The summed E-state index contributed by atoms with van der Waals surface area (Å²) in [6.07, 6.45) is 2.48. The van der Waals surface area contributed by atoms with Gasteiger partial charge in [0.2, 0.25) is 11.7 Å². The van der Waals surface area contributed by atoms with E-state index in [4.69, 9.17) is 4.52 Å². The fraction of sp³-hybridized carbons (Fsp3) is 0.471. The number of carbonyl (C=O) groups excluding carboxylic acids is 1. The predicted octanol–water partition coefficient (Wildman–Crippen LogP) is 2.67. The van der Waals surface area contributed by atoms with Crippen LogP contribution in [0.1, 0.15) is 25.2 Å². The summed E-state index contributed by atoms with van der Waals surface area (Å²) in [4.78, 5) is 18.3. The van der Waals surface area contributed by atoms with Crippen molar-refractivity contribution in [2.45, 2.75) is 32.3 Å². The molecule has 2 N–H and O–H groups in total. The van der Waals surface area contributed by atoms with Gasteiger partial charge in [-0.1, -0.05) is 23.7 Å². The highest BCUT2D eigenvalue weighted by Gasteiger charge is 2.27. The Morgan fingerprint density at radius 3 is 2.88 bits per heavy atom. The fourth-order valence-electron chi connectivity index (χ4n) is 3.07. The van der Waals surface area contributed by atoms with Gasteiger partial charge in [-0.3, -0.25) is 0 Å². The largest absolute Gasteiger partial charge is 0.393 e. The average Bonchev–Trinajstić information content (AvgIpc) is 3.17. The van der Waals surface area contributed by atoms with Crippen molar-refractivity contribution in [3.63, 3.8) is 0 Å². The highest BCUT2D eigenvalue weighted by Crippen LogP contribution is 2.27. The summed E-state index contributed by atoms with van der Waals surface area (Å²) in [7, 11) is 1.74. The van der Waals surface area contributed by atoms with Crippen LogP contribution in [0.3, 0.4) is 0 Å². The number of anilines is 1. The zero-order valence-corrected chi connectivity index (χ0v) is 13.9. The van der Waals surface area contributed by atoms with Crippen LogP contribution >= 0.6 is 0 Å². The second-order valence-corrected chi connectivity index (χ2v) is 6.25. The molecular formula is C17H22N4O3. The molecule has 128 valence electrons. The molecule has 0 radical (unpaired) electrons. The van der Waals surface area contributed by atoms with Gasteiger partial charge >= 0.3 is 6.03 Å². The molecule has 0 unspecified atom stereocenters. The lowest BCUT2D eigenvalue weighted by atomic mass is 10.1. The first-order chi connectivity index (χ1) is 11.5. The first kappa shape index (κ1) is 16.4. The molecular weight excluding hydrogens is 308 g/mol. The van der Waals surface area contributed by atoms with Crippen molar-refractivity contribution in [1.82, 2.24) is 15.0 Å². The molecule has 1 saturated carbocycles. The lowest BCUT2D eigenvalue weighted by Crippen LogP contribution is -2.37.